The third-order valence-corrected chi connectivity index (χ3v) is 5.57. The molecule has 1 aliphatic rings. The molecule has 140 valence electrons. The summed E-state index contributed by atoms with van der Waals surface area (Å²) in [6.45, 7) is 0. The lowest BCUT2D eigenvalue weighted by atomic mass is 9.82. The van der Waals surface area contributed by atoms with Gasteiger partial charge in [0.15, 0.2) is 0 Å². The Labute approximate surface area is 156 Å². The number of aliphatic hydroxyl groups is 1. The van der Waals surface area contributed by atoms with Gasteiger partial charge in [-0.25, -0.2) is 0 Å². The summed E-state index contributed by atoms with van der Waals surface area (Å²) in [4.78, 5) is 12.3. The molecule has 0 aromatic heterocycles. The Morgan fingerprint density at radius 2 is 2.08 bits per heavy atom. The molecule has 2 unspecified atom stereocenters. The lowest BCUT2D eigenvalue weighted by Gasteiger charge is -2.28. The van der Waals surface area contributed by atoms with Crippen LogP contribution in [0.5, 0.6) is 0 Å². The highest BCUT2D eigenvalue weighted by atomic mass is 35.5. The van der Waals surface area contributed by atoms with Crippen LogP contribution in [0.4, 0.5) is 0 Å². The van der Waals surface area contributed by atoms with Crippen LogP contribution < -0.4 is 11.1 Å². The van der Waals surface area contributed by atoms with E-state index in [2.05, 4.69) is 5.32 Å². The second kappa shape index (κ2) is 10.1. The minimum Gasteiger partial charge on any atom is -0.391 e. The molecule has 1 fully saturated rings. The molecule has 1 saturated carbocycles. The van der Waals surface area contributed by atoms with E-state index in [1.807, 2.05) is 24.3 Å². The summed E-state index contributed by atoms with van der Waals surface area (Å²) in [5, 5.41) is 13.9. The predicted molar refractivity (Wildman–Crippen MR) is 103 cm³/mol. The Morgan fingerprint density at radius 1 is 1.36 bits per heavy atom. The van der Waals surface area contributed by atoms with E-state index in [-0.39, 0.29) is 17.9 Å². The van der Waals surface area contributed by atoms with Gasteiger partial charge in [-0.05, 0) is 42.9 Å². The van der Waals surface area contributed by atoms with Crippen molar-refractivity contribution in [1.82, 2.24) is 5.32 Å². The molecule has 1 aromatic rings. The first kappa shape index (κ1) is 20.2. The lowest BCUT2D eigenvalue weighted by Crippen LogP contribution is -2.41. The largest absolute Gasteiger partial charge is 0.391 e. The van der Waals surface area contributed by atoms with E-state index >= 15 is 0 Å². The molecule has 0 heterocycles. The molecule has 0 aliphatic heterocycles. The van der Waals surface area contributed by atoms with Crippen LogP contribution in [-0.4, -0.2) is 30.2 Å². The average molecular weight is 367 g/mol. The Hall–Kier alpha value is -1.10. The van der Waals surface area contributed by atoms with Gasteiger partial charge in [-0.15, -0.1) is 0 Å². The molecule has 25 heavy (non-hydrogen) atoms. The summed E-state index contributed by atoms with van der Waals surface area (Å²) < 4.78 is 0. The number of hydrogen-bond donors (Lipinski definition) is 3. The molecule has 1 aliphatic carbocycles. The van der Waals surface area contributed by atoms with Gasteiger partial charge in [-0.1, -0.05) is 55.8 Å². The first-order valence-corrected chi connectivity index (χ1v) is 9.77. The second-order valence-corrected chi connectivity index (χ2v) is 7.79. The fourth-order valence-corrected chi connectivity index (χ4v) is 4.08. The molecule has 4 nitrogen and oxygen atoms in total. The van der Waals surface area contributed by atoms with Crippen LogP contribution in [-0.2, 0) is 11.2 Å². The third-order valence-electron chi connectivity index (χ3n) is 5.34. The van der Waals surface area contributed by atoms with E-state index in [0.29, 0.717) is 23.8 Å². The quantitative estimate of drug-likeness (QED) is 0.660. The Balaban J connectivity index is 1.94. The molecule has 5 heteroatoms. The molecule has 0 saturated heterocycles. The molecule has 1 aromatic carbocycles. The van der Waals surface area contributed by atoms with Crippen molar-refractivity contribution in [2.45, 2.75) is 63.5 Å². The number of carbonyl (C=O) groups excluding carboxylic acids is 1. The Kier molecular flexibility index (Phi) is 8.20. The van der Waals surface area contributed by atoms with Crippen molar-refractivity contribution in [3.63, 3.8) is 0 Å². The number of benzene rings is 1. The van der Waals surface area contributed by atoms with Crippen molar-refractivity contribution in [3.8, 4) is 0 Å². The number of carbonyl (C=O) groups is 1. The number of nitrogens with two attached hydrogens (primary N) is 1. The van der Waals surface area contributed by atoms with Gasteiger partial charge in [-0.3, -0.25) is 4.79 Å². The summed E-state index contributed by atoms with van der Waals surface area (Å²) in [5.74, 6) is 0.240. The number of hydrogen-bond acceptors (Lipinski definition) is 3. The molecule has 0 bridgehead atoms. The van der Waals surface area contributed by atoms with Gasteiger partial charge in [0.05, 0.1) is 6.10 Å². The first-order chi connectivity index (χ1) is 12.0. The van der Waals surface area contributed by atoms with Crippen LogP contribution in [0.15, 0.2) is 24.3 Å². The van der Waals surface area contributed by atoms with Crippen LogP contribution in [0.2, 0.25) is 5.02 Å². The van der Waals surface area contributed by atoms with Gasteiger partial charge in [0.2, 0.25) is 5.91 Å². The second-order valence-electron chi connectivity index (χ2n) is 7.35. The highest BCUT2D eigenvalue weighted by Crippen LogP contribution is 2.28. The van der Waals surface area contributed by atoms with Gasteiger partial charge in [-0.2, -0.15) is 0 Å². The number of halogens is 1. The molecule has 2 rings (SSSR count). The highest BCUT2D eigenvalue weighted by Gasteiger charge is 2.27. The van der Waals surface area contributed by atoms with Crippen LogP contribution in [0.25, 0.3) is 0 Å². The van der Waals surface area contributed by atoms with Crippen molar-refractivity contribution in [1.29, 1.82) is 0 Å². The summed E-state index contributed by atoms with van der Waals surface area (Å²) in [6, 6.07) is 7.25. The zero-order chi connectivity index (χ0) is 18.2. The standard InChI is InChI=1S/C20H31ClN2O2/c1-23-20(25)16(10-15-8-5-9-17(21)11-15)13-19(24)18(22)12-14-6-3-2-4-7-14/h5,8-9,11,14,16,18-19,24H,2-4,6-7,10,12-13,22H2,1H3,(H,23,25)/t16?,18-,19?/m0/s1. The molecule has 1 amide bonds. The van der Waals surface area contributed by atoms with Crippen LogP contribution in [0, 0.1) is 11.8 Å². The number of rotatable bonds is 8. The SMILES string of the molecule is CNC(=O)C(Cc1cccc(Cl)c1)CC(O)[C@@H](N)CC1CCCCC1. The fourth-order valence-electron chi connectivity index (χ4n) is 3.87. The molecule has 0 spiro atoms. The maximum atomic E-state index is 12.3. The Morgan fingerprint density at radius 3 is 2.72 bits per heavy atom. The molecular weight excluding hydrogens is 336 g/mol. The minimum absolute atomic E-state index is 0.0658. The van der Waals surface area contributed by atoms with Gasteiger partial charge < -0.3 is 16.2 Å². The van der Waals surface area contributed by atoms with Gasteiger partial charge >= 0.3 is 0 Å². The highest BCUT2D eigenvalue weighted by molar-refractivity contribution is 6.30. The number of nitrogens with one attached hydrogen (secondary N) is 1. The average Bonchev–Trinajstić information content (AvgIpc) is 2.61. The molecule has 4 N–H and O–H groups in total. The van der Waals surface area contributed by atoms with Crippen LogP contribution in [0.3, 0.4) is 0 Å². The normalized spacial score (nSPS) is 19.2. The fraction of sp³-hybridized carbons (Fsp3) is 0.650. The maximum absolute atomic E-state index is 12.3. The zero-order valence-electron chi connectivity index (χ0n) is 15.1. The maximum Gasteiger partial charge on any atom is 0.223 e. The summed E-state index contributed by atoms with van der Waals surface area (Å²) in [5.41, 5.74) is 7.25. The van der Waals surface area contributed by atoms with Crippen LogP contribution in [0.1, 0.15) is 50.5 Å². The summed E-state index contributed by atoms with van der Waals surface area (Å²) >= 11 is 6.04. The third kappa shape index (κ3) is 6.61. The van der Waals surface area contributed by atoms with Gasteiger partial charge in [0.25, 0.3) is 0 Å². The molecule has 3 atom stereocenters. The molecule has 0 radical (unpaired) electrons. The van der Waals surface area contributed by atoms with Crippen molar-refractivity contribution in [2.24, 2.45) is 17.6 Å². The van der Waals surface area contributed by atoms with E-state index in [1.54, 1.807) is 7.05 Å². The van der Waals surface area contributed by atoms with Crippen molar-refractivity contribution in [3.05, 3.63) is 34.9 Å². The first-order valence-electron chi connectivity index (χ1n) is 9.39. The lowest BCUT2D eigenvalue weighted by molar-refractivity contribution is -0.125. The Bertz CT molecular complexity index is 546. The topological polar surface area (TPSA) is 75.3 Å². The van der Waals surface area contributed by atoms with E-state index < -0.39 is 6.10 Å². The minimum atomic E-state index is -0.664. The molecular formula is C20H31ClN2O2. The van der Waals surface area contributed by atoms with Gasteiger partial charge in [0.1, 0.15) is 0 Å². The number of aliphatic hydroxyl groups excluding tert-OH is 1. The van der Waals surface area contributed by atoms with E-state index in [1.165, 1.54) is 32.1 Å². The van der Waals surface area contributed by atoms with Crippen molar-refractivity contribution >= 4 is 17.5 Å². The monoisotopic (exact) mass is 366 g/mol. The summed E-state index contributed by atoms with van der Waals surface area (Å²) in [7, 11) is 1.63. The van der Waals surface area contributed by atoms with E-state index in [0.717, 1.165) is 12.0 Å². The van der Waals surface area contributed by atoms with E-state index in [4.69, 9.17) is 17.3 Å². The van der Waals surface area contributed by atoms with Crippen molar-refractivity contribution < 1.29 is 9.90 Å². The zero-order valence-corrected chi connectivity index (χ0v) is 15.8. The smallest absolute Gasteiger partial charge is 0.223 e. The van der Waals surface area contributed by atoms with Crippen molar-refractivity contribution in [2.75, 3.05) is 7.05 Å². The van der Waals surface area contributed by atoms with Gasteiger partial charge in [0, 0.05) is 24.0 Å². The predicted octanol–water partition coefficient (Wildman–Crippen LogP) is 3.29. The summed E-state index contributed by atoms with van der Waals surface area (Å²) in [6.07, 6.45) is 7.37. The number of amides is 1. The van der Waals surface area contributed by atoms with E-state index in [9.17, 15) is 9.90 Å². The van der Waals surface area contributed by atoms with Crippen LogP contribution >= 0.6 is 11.6 Å².